The highest BCUT2D eigenvalue weighted by Gasteiger charge is 2.35. The topological polar surface area (TPSA) is 85.8 Å². The van der Waals surface area contributed by atoms with Crippen molar-refractivity contribution in [3.63, 3.8) is 0 Å². The number of hydrogen-bond acceptors (Lipinski definition) is 4. The molecule has 8 heteroatoms. The largest absolute Gasteiger partial charge is 0.345 e. The van der Waals surface area contributed by atoms with Crippen molar-refractivity contribution in [3.05, 3.63) is 47.3 Å². The Morgan fingerprint density at radius 2 is 2.00 bits per heavy atom. The van der Waals surface area contributed by atoms with Crippen LogP contribution in [0, 0.1) is 17.6 Å². The van der Waals surface area contributed by atoms with Gasteiger partial charge in [0.2, 0.25) is 0 Å². The van der Waals surface area contributed by atoms with Crippen LogP contribution >= 0.6 is 0 Å². The van der Waals surface area contributed by atoms with E-state index in [-0.39, 0.29) is 17.6 Å². The van der Waals surface area contributed by atoms with Crippen LogP contribution < -0.4 is 11.1 Å². The first-order chi connectivity index (χ1) is 13.9. The molecular formula is C21H27F2N5O. The number of hydrogen-bond donors (Lipinski definition) is 2. The monoisotopic (exact) mass is 403 g/mol. The summed E-state index contributed by atoms with van der Waals surface area (Å²) in [6, 6.07) is 3.89. The zero-order chi connectivity index (χ0) is 20.4. The molecule has 0 atom stereocenters. The summed E-state index contributed by atoms with van der Waals surface area (Å²) in [6.07, 6.45) is 8.43. The van der Waals surface area contributed by atoms with Gasteiger partial charge in [-0.05, 0) is 49.7 Å². The van der Waals surface area contributed by atoms with E-state index in [0.29, 0.717) is 24.4 Å². The average Bonchev–Trinajstić information content (AvgIpc) is 3.12. The molecule has 156 valence electrons. The molecule has 2 aliphatic carbocycles. The van der Waals surface area contributed by atoms with Crippen molar-refractivity contribution in [1.82, 2.24) is 20.3 Å². The molecule has 0 radical (unpaired) electrons. The van der Waals surface area contributed by atoms with E-state index in [0.717, 1.165) is 51.0 Å². The number of halogens is 2. The lowest BCUT2D eigenvalue weighted by Gasteiger charge is -2.38. The van der Waals surface area contributed by atoms with Crippen molar-refractivity contribution in [2.45, 2.75) is 69.5 Å². The molecule has 1 aromatic heterocycles. The first-order valence-corrected chi connectivity index (χ1v) is 10.3. The van der Waals surface area contributed by atoms with Crippen LogP contribution in [0.5, 0.6) is 0 Å². The highest BCUT2D eigenvalue weighted by molar-refractivity contribution is 5.92. The predicted octanol–water partition coefficient (Wildman–Crippen LogP) is 2.97. The number of rotatable bonds is 6. The van der Waals surface area contributed by atoms with Gasteiger partial charge in [-0.3, -0.25) is 9.48 Å². The molecule has 1 heterocycles. The smallest absolute Gasteiger partial charge is 0.273 e. The van der Waals surface area contributed by atoms with E-state index >= 15 is 0 Å². The Kier molecular flexibility index (Phi) is 5.63. The number of carbonyl (C=O) groups is 1. The molecular weight excluding hydrogens is 376 g/mol. The standard InChI is InChI=1S/C21H27F2N5O/c22-16-5-4-15(18(23)10-16)11-21(6-2-1-3-7-21)25-20(29)19-13-28(27-26-19)12-14-8-17(24)9-14/h4-5,10,13-14,17H,1-3,6-9,11-12,24H2,(H,25,29). The minimum Gasteiger partial charge on any atom is -0.345 e. The van der Waals surface area contributed by atoms with Crippen LogP contribution in [0.1, 0.15) is 61.0 Å². The zero-order valence-electron chi connectivity index (χ0n) is 16.4. The van der Waals surface area contributed by atoms with Crippen LogP contribution in [0.15, 0.2) is 24.4 Å². The molecule has 6 nitrogen and oxygen atoms in total. The normalized spacial score (nSPS) is 23.4. The summed E-state index contributed by atoms with van der Waals surface area (Å²) in [6.45, 7) is 0.708. The van der Waals surface area contributed by atoms with E-state index in [1.54, 1.807) is 10.9 Å². The summed E-state index contributed by atoms with van der Waals surface area (Å²) in [5, 5.41) is 11.2. The molecule has 0 bridgehead atoms. The molecule has 29 heavy (non-hydrogen) atoms. The van der Waals surface area contributed by atoms with Gasteiger partial charge in [-0.1, -0.05) is 30.5 Å². The predicted molar refractivity (Wildman–Crippen MR) is 104 cm³/mol. The van der Waals surface area contributed by atoms with Crippen LogP contribution in [-0.2, 0) is 13.0 Å². The number of amides is 1. The lowest BCUT2D eigenvalue weighted by atomic mass is 9.77. The van der Waals surface area contributed by atoms with Gasteiger partial charge < -0.3 is 11.1 Å². The number of nitrogens with zero attached hydrogens (tertiary/aromatic N) is 3. The molecule has 0 saturated heterocycles. The van der Waals surface area contributed by atoms with Crippen molar-refractivity contribution in [3.8, 4) is 0 Å². The van der Waals surface area contributed by atoms with Crippen molar-refractivity contribution >= 4 is 5.91 Å². The first kappa shape index (κ1) is 19.9. The van der Waals surface area contributed by atoms with Gasteiger partial charge >= 0.3 is 0 Å². The van der Waals surface area contributed by atoms with E-state index in [1.807, 2.05) is 0 Å². The Morgan fingerprint density at radius 3 is 2.69 bits per heavy atom. The second kappa shape index (κ2) is 8.18. The number of nitrogens with one attached hydrogen (secondary N) is 1. The maximum Gasteiger partial charge on any atom is 0.273 e. The molecule has 2 saturated carbocycles. The van der Waals surface area contributed by atoms with Crippen molar-refractivity contribution < 1.29 is 13.6 Å². The molecule has 4 rings (SSSR count). The number of nitrogens with two attached hydrogens (primary N) is 1. The maximum absolute atomic E-state index is 14.2. The first-order valence-electron chi connectivity index (χ1n) is 10.3. The van der Waals surface area contributed by atoms with Crippen LogP contribution in [0.2, 0.25) is 0 Å². The summed E-state index contributed by atoms with van der Waals surface area (Å²) in [5.74, 6) is -0.995. The second-order valence-electron chi connectivity index (χ2n) is 8.63. The Balaban J connectivity index is 1.46. The molecule has 0 unspecified atom stereocenters. The Bertz CT molecular complexity index is 872. The maximum atomic E-state index is 14.2. The zero-order valence-corrected chi connectivity index (χ0v) is 16.4. The second-order valence-corrected chi connectivity index (χ2v) is 8.63. The molecule has 1 amide bonds. The van der Waals surface area contributed by atoms with Crippen LogP contribution in [0.25, 0.3) is 0 Å². The van der Waals surface area contributed by atoms with Gasteiger partial charge in [-0.15, -0.1) is 5.10 Å². The van der Waals surface area contributed by atoms with Crippen molar-refractivity contribution in [2.75, 3.05) is 0 Å². The van der Waals surface area contributed by atoms with Gasteiger partial charge in [-0.25, -0.2) is 8.78 Å². The van der Waals surface area contributed by atoms with Crippen LogP contribution in [0.4, 0.5) is 8.78 Å². The number of carbonyl (C=O) groups excluding carboxylic acids is 1. The third-order valence-electron chi connectivity index (χ3n) is 6.22. The summed E-state index contributed by atoms with van der Waals surface area (Å²) < 4.78 is 29.2. The minimum atomic E-state index is -0.600. The molecule has 1 aromatic carbocycles. The molecule has 0 aliphatic heterocycles. The average molecular weight is 403 g/mol. The van der Waals surface area contributed by atoms with Gasteiger partial charge in [0.25, 0.3) is 5.91 Å². The lowest BCUT2D eigenvalue weighted by molar-refractivity contribution is 0.0862. The fraction of sp³-hybridized carbons (Fsp3) is 0.571. The highest BCUT2D eigenvalue weighted by atomic mass is 19.1. The summed E-state index contributed by atoms with van der Waals surface area (Å²) >= 11 is 0. The Hall–Kier alpha value is -2.35. The third kappa shape index (κ3) is 4.63. The number of benzene rings is 1. The van der Waals surface area contributed by atoms with E-state index in [1.165, 1.54) is 12.1 Å². The molecule has 2 fully saturated rings. The van der Waals surface area contributed by atoms with E-state index < -0.39 is 17.2 Å². The van der Waals surface area contributed by atoms with Gasteiger partial charge in [0.15, 0.2) is 5.69 Å². The van der Waals surface area contributed by atoms with Gasteiger partial charge in [0, 0.05) is 24.2 Å². The van der Waals surface area contributed by atoms with Gasteiger partial charge in [0.1, 0.15) is 11.6 Å². The SMILES string of the molecule is NC1CC(Cn2cc(C(=O)NC3(Cc4ccc(F)cc4F)CCCCC3)nn2)C1. The molecule has 2 aliphatic rings. The van der Waals surface area contributed by atoms with Gasteiger partial charge in [-0.2, -0.15) is 0 Å². The lowest BCUT2D eigenvalue weighted by Crippen LogP contribution is -2.51. The van der Waals surface area contributed by atoms with Crippen molar-refractivity contribution in [1.29, 1.82) is 0 Å². The number of aromatic nitrogens is 3. The van der Waals surface area contributed by atoms with Gasteiger partial charge in [0.05, 0.1) is 6.20 Å². The fourth-order valence-electron chi connectivity index (χ4n) is 4.60. The van der Waals surface area contributed by atoms with E-state index in [2.05, 4.69) is 15.6 Å². The third-order valence-corrected chi connectivity index (χ3v) is 6.22. The van der Waals surface area contributed by atoms with E-state index in [9.17, 15) is 13.6 Å². The fourth-order valence-corrected chi connectivity index (χ4v) is 4.60. The minimum absolute atomic E-state index is 0.262. The van der Waals surface area contributed by atoms with Crippen LogP contribution in [-0.4, -0.2) is 32.5 Å². The summed E-state index contributed by atoms with van der Waals surface area (Å²) in [4.78, 5) is 12.9. The summed E-state index contributed by atoms with van der Waals surface area (Å²) in [5.41, 5.74) is 5.94. The molecule has 0 spiro atoms. The highest BCUT2D eigenvalue weighted by Crippen LogP contribution is 2.32. The summed E-state index contributed by atoms with van der Waals surface area (Å²) in [7, 11) is 0. The van der Waals surface area contributed by atoms with E-state index in [4.69, 9.17) is 5.73 Å². The Labute approximate surface area is 168 Å². The van der Waals surface area contributed by atoms with Crippen LogP contribution in [0.3, 0.4) is 0 Å². The Morgan fingerprint density at radius 1 is 1.24 bits per heavy atom. The molecule has 3 N–H and O–H groups in total. The molecule has 2 aromatic rings. The van der Waals surface area contributed by atoms with Crippen molar-refractivity contribution in [2.24, 2.45) is 11.7 Å². The quantitative estimate of drug-likeness (QED) is 0.777.